The third kappa shape index (κ3) is 6.52. The summed E-state index contributed by atoms with van der Waals surface area (Å²) in [5, 5.41) is 5.92. The van der Waals surface area contributed by atoms with Gasteiger partial charge in [0.25, 0.3) is 5.91 Å². The fraction of sp³-hybridized carbons (Fsp3) is 0.167. The monoisotopic (exact) mass is 496 g/mol. The number of amides is 1. The van der Waals surface area contributed by atoms with E-state index in [4.69, 9.17) is 14.2 Å². The van der Waals surface area contributed by atoms with E-state index in [0.717, 1.165) is 23.6 Å². The molecule has 0 aliphatic heterocycles. The van der Waals surface area contributed by atoms with Gasteiger partial charge in [-0.3, -0.25) is 4.79 Å². The molecule has 4 rings (SSSR count). The van der Waals surface area contributed by atoms with Gasteiger partial charge in [-0.1, -0.05) is 43.7 Å². The van der Waals surface area contributed by atoms with Crippen molar-refractivity contribution in [2.75, 3.05) is 13.7 Å². The Balaban J connectivity index is 1.51. The predicted octanol–water partition coefficient (Wildman–Crippen LogP) is 6.01. The molecule has 7 heteroatoms. The lowest BCUT2D eigenvalue weighted by Crippen LogP contribution is -2.17. The summed E-state index contributed by atoms with van der Waals surface area (Å²) in [5.41, 5.74) is 3.94. The van der Waals surface area contributed by atoms with E-state index in [1.807, 2.05) is 30.3 Å². The van der Waals surface area contributed by atoms with E-state index in [1.54, 1.807) is 61.7 Å². The number of nitrogens with one attached hydrogen (secondary N) is 1. The first-order valence-electron chi connectivity index (χ1n) is 12.0. The molecule has 0 aromatic heterocycles. The minimum absolute atomic E-state index is 0.325. The summed E-state index contributed by atoms with van der Waals surface area (Å²) < 4.78 is 16.5. The number of carbonyl (C=O) groups excluding carboxylic acids is 2. The van der Waals surface area contributed by atoms with Gasteiger partial charge in [-0.25, -0.2) is 10.2 Å². The standard InChI is InChI=1S/C30H28N2O5/c1-3-4-19-36-25-16-9-22(10-17-25)29(33)32-31-20-27-26-8-6-5-7-21(26)13-18-28(27)37-30(34)23-11-14-24(35-2)15-12-23/h5-18,20H,3-4,19H2,1-2H3,(H,32,33)/b31-20+. The molecule has 188 valence electrons. The summed E-state index contributed by atoms with van der Waals surface area (Å²) in [6.45, 7) is 2.74. The number of esters is 1. The number of methoxy groups -OCH3 is 1. The number of benzene rings is 4. The summed E-state index contributed by atoms with van der Waals surface area (Å²) in [5.74, 6) is 0.800. The van der Waals surface area contributed by atoms with Crippen molar-refractivity contribution in [2.24, 2.45) is 5.10 Å². The van der Waals surface area contributed by atoms with E-state index in [0.29, 0.717) is 40.5 Å². The summed E-state index contributed by atoms with van der Waals surface area (Å²) in [6, 6.07) is 24.8. The van der Waals surface area contributed by atoms with Crippen LogP contribution in [0.15, 0.2) is 90.0 Å². The highest BCUT2D eigenvalue weighted by molar-refractivity contribution is 6.04. The van der Waals surface area contributed by atoms with Crippen molar-refractivity contribution >= 4 is 28.9 Å². The predicted molar refractivity (Wildman–Crippen MR) is 144 cm³/mol. The lowest BCUT2D eigenvalue weighted by molar-refractivity contribution is 0.0734. The van der Waals surface area contributed by atoms with Crippen LogP contribution in [0.3, 0.4) is 0 Å². The first-order valence-corrected chi connectivity index (χ1v) is 12.0. The zero-order valence-corrected chi connectivity index (χ0v) is 20.8. The van der Waals surface area contributed by atoms with Crippen LogP contribution in [0.1, 0.15) is 46.0 Å². The Kier molecular flexibility index (Phi) is 8.49. The Bertz CT molecular complexity index is 1400. The van der Waals surface area contributed by atoms with Crippen molar-refractivity contribution in [1.29, 1.82) is 0 Å². The van der Waals surface area contributed by atoms with Gasteiger partial charge < -0.3 is 14.2 Å². The Hall–Kier alpha value is -4.65. The Morgan fingerprint density at radius 1 is 0.865 bits per heavy atom. The van der Waals surface area contributed by atoms with Crippen LogP contribution < -0.4 is 19.6 Å². The van der Waals surface area contributed by atoms with Gasteiger partial charge >= 0.3 is 5.97 Å². The molecule has 1 amide bonds. The van der Waals surface area contributed by atoms with Gasteiger partial charge in [0.15, 0.2) is 0 Å². The molecule has 1 N–H and O–H groups in total. The van der Waals surface area contributed by atoms with E-state index < -0.39 is 5.97 Å². The highest BCUT2D eigenvalue weighted by Gasteiger charge is 2.14. The number of fused-ring (bicyclic) bond motifs is 1. The molecule has 37 heavy (non-hydrogen) atoms. The lowest BCUT2D eigenvalue weighted by Gasteiger charge is -2.11. The smallest absolute Gasteiger partial charge is 0.343 e. The highest BCUT2D eigenvalue weighted by atomic mass is 16.5. The zero-order chi connectivity index (χ0) is 26.0. The number of hydrogen-bond donors (Lipinski definition) is 1. The quantitative estimate of drug-likeness (QED) is 0.0955. The molecule has 0 spiro atoms. The molecular weight excluding hydrogens is 468 g/mol. The van der Waals surface area contributed by atoms with Crippen LogP contribution in [0.5, 0.6) is 17.2 Å². The summed E-state index contributed by atoms with van der Waals surface area (Å²) in [6.07, 6.45) is 3.51. The average molecular weight is 497 g/mol. The molecule has 0 atom stereocenters. The molecule has 0 bridgehead atoms. The second kappa shape index (κ2) is 12.4. The van der Waals surface area contributed by atoms with Crippen LogP contribution in [-0.4, -0.2) is 31.8 Å². The largest absolute Gasteiger partial charge is 0.497 e. The normalized spacial score (nSPS) is 10.9. The van der Waals surface area contributed by atoms with Crippen molar-refractivity contribution < 1.29 is 23.8 Å². The molecular formula is C30H28N2O5. The molecule has 0 fully saturated rings. The van der Waals surface area contributed by atoms with Crippen molar-refractivity contribution in [2.45, 2.75) is 19.8 Å². The first kappa shape index (κ1) is 25.4. The Morgan fingerprint density at radius 2 is 1.57 bits per heavy atom. The Morgan fingerprint density at radius 3 is 2.30 bits per heavy atom. The van der Waals surface area contributed by atoms with Crippen LogP contribution in [-0.2, 0) is 0 Å². The molecule has 7 nitrogen and oxygen atoms in total. The fourth-order valence-corrected chi connectivity index (χ4v) is 3.64. The zero-order valence-electron chi connectivity index (χ0n) is 20.8. The van der Waals surface area contributed by atoms with Crippen LogP contribution in [0.4, 0.5) is 0 Å². The van der Waals surface area contributed by atoms with Crippen molar-refractivity contribution in [3.63, 3.8) is 0 Å². The van der Waals surface area contributed by atoms with Crippen LogP contribution >= 0.6 is 0 Å². The maximum absolute atomic E-state index is 12.8. The van der Waals surface area contributed by atoms with Crippen LogP contribution in [0.25, 0.3) is 10.8 Å². The minimum atomic E-state index is -0.516. The van der Waals surface area contributed by atoms with Gasteiger partial charge in [-0.2, -0.15) is 5.10 Å². The van der Waals surface area contributed by atoms with Gasteiger partial charge in [-0.05, 0) is 71.8 Å². The van der Waals surface area contributed by atoms with E-state index in [2.05, 4.69) is 17.5 Å². The number of hydrazone groups is 1. The first-order chi connectivity index (χ1) is 18.1. The molecule has 0 aliphatic carbocycles. The van der Waals surface area contributed by atoms with Gasteiger partial charge in [0.1, 0.15) is 17.2 Å². The summed E-state index contributed by atoms with van der Waals surface area (Å²) in [4.78, 5) is 25.4. The van der Waals surface area contributed by atoms with Gasteiger partial charge in [-0.15, -0.1) is 0 Å². The van der Waals surface area contributed by atoms with Crippen LogP contribution in [0, 0.1) is 0 Å². The van der Waals surface area contributed by atoms with E-state index in [-0.39, 0.29) is 5.91 Å². The SMILES string of the molecule is CCCCOc1ccc(C(=O)N/N=C/c2c(OC(=O)c3ccc(OC)cc3)ccc3ccccc23)cc1. The molecule has 0 unspecified atom stereocenters. The maximum atomic E-state index is 12.8. The molecule has 4 aromatic rings. The lowest BCUT2D eigenvalue weighted by atomic mass is 10.0. The third-order valence-electron chi connectivity index (χ3n) is 5.70. The molecule has 4 aromatic carbocycles. The van der Waals surface area contributed by atoms with E-state index >= 15 is 0 Å². The highest BCUT2D eigenvalue weighted by Crippen LogP contribution is 2.27. The van der Waals surface area contributed by atoms with Crippen molar-refractivity contribution in [3.05, 3.63) is 102 Å². The van der Waals surface area contributed by atoms with Crippen molar-refractivity contribution in [3.8, 4) is 17.2 Å². The van der Waals surface area contributed by atoms with E-state index in [1.165, 1.54) is 6.21 Å². The molecule has 0 radical (unpaired) electrons. The third-order valence-corrected chi connectivity index (χ3v) is 5.70. The van der Waals surface area contributed by atoms with Gasteiger partial charge in [0.2, 0.25) is 0 Å². The van der Waals surface area contributed by atoms with Gasteiger partial charge in [0.05, 0.1) is 25.5 Å². The molecule has 0 heterocycles. The Labute approximate surface area is 215 Å². The number of hydrogen-bond acceptors (Lipinski definition) is 6. The number of rotatable bonds is 10. The van der Waals surface area contributed by atoms with E-state index in [9.17, 15) is 9.59 Å². The second-order valence-corrected chi connectivity index (χ2v) is 8.24. The number of nitrogens with zero attached hydrogens (tertiary/aromatic N) is 1. The van der Waals surface area contributed by atoms with Crippen LogP contribution in [0.2, 0.25) is 0 Å². The minimum Gasteiger partial charge on any atom is -0.497 e. The summed E-state index contributed by atoms with van der Waals surface area (Å²) >= 11 is 0. The average Bonchev–Trinajstić information content (AvgIpc) is 2.94. The molecule has 0 aliphatic rings. The molecule has 0 saturated carbocycles. The number of ether oxygens (including phenoxy) is 3. The second-order valence-electron chi connectivity index (χ2n) is 8.24. The number of carbonyl (C=O) groups is 2. The summed E-state index contributed by atoms with van der Waals surface area (Å²) in [7, 11) is 1.56. The number of unbranched alkanes of at least 4 members (excludes halogenated alkanes) is 1. The van der Waals surface area contributed by atoms with Gasteiger partial charge in [0, 0.05) is 11.1 Å². The topological polar surface area (TPSA) is 86.2 Å². The van der Waals surface area contributed by atoms with Crippen molar-refractivity contribution in [1.82, 2.24) is 5.43 Å². The fourth-order valence-electron chi connectivity index (χ4n) is 3.64. The maximum Gasteiger partial charge on any atom is 0.343 e. The molecule has 0 saturated heterocycles.